The molecule has 0 aliphatic carbocycles. The van der Waals surface area contributed by atoms with Crippen molar-refractivity contribution in [1.29, 1.82) is 0 Å². The molecule has 0 saturated carbocycles. The van der Waals surface area contributed by atoms with Gasteiger partial charge in [-0.15, -0.1) is 0 Å². The highest BCUT2D eigenvalue weighted by molar-refractivity contribution is 5.27. The van der Waals surface area contributed by atoms with Crippen LogP contribution in [0.15, 0.2) is 12.1 Å². The van der Waals surface area contributed by atoms with Crippen LogP contribution in [-0.4, -0.2) is 17.8 Å². The molecule has 16 heavy (non-hydrogen) atoms. The van der Waals surface area contributed by atoms with Crippen LogP contribution in [0.3, 0.4) is 0 Å². The molecular formula is C12H17F2NO. The van der Waals surface area contributed by atoms with Gasteiger partial charge in [-0.3, -0.25) is 0 Å². The summed E-state index contributed by atoms with van der Waals surface area (Å²) in [5.74, 6) is -0.841. The molecule has 1 rings (SSSR count). The van der Waals surface area contributed by atoms with Crippen LogP contribution in [0.25, 0.3) is 0 Å². The van der Waals surface area contributed by atoms with E-state index in [-0.39, 0.29) is 11.6 Å². The maximum atomic E-state index is 13.5. The third-order valence-corrected chi connectivity index (χ3v) is 2.46. The summed E-state index contributed by atoms with van der Waals surface area (Å²) in [5, 5.41) is 12.0. The second kappa shape index (κ2) is 5.37. The molecule has 0 saturated heterocycles. The Morgan fingerprint density at radius 2 is 1.88 bits per heavy atom. The summed E-state index contributed by atoms with van der Waals surface area (Å²) in [6.45, 7) is 5.23. The maximum absolute atomic E-state index is 13.5. The Morgan fingerprint density at radius 1 is 1.25 bits per heavy atom. The zero-order chi connectivity index (χ0) is 12.3. The van der Waals surface area contributed by atoms with E-state index >= 15 is 0 Å². The molecule has 2 atom stereocenters. The van der Waals surface area contributed by atoms with Gasteiger partial charge >= 0.3 is 0 Å². The number of benzene rings is 1. The Labute approximate surface area is 94.3 Å². The molecule has 0 heterocycles. The van der Waals surface area contributed by atoms with Crippen molar-refractivity contribution < 1.29 is 13.9 Å². The van der Waals surface area contributed by atoms with Crippen molar-refractivity contribution in [3.63, 3.8) is 0 Å². The number of hydrogen-bond donors (Lipinski definition) is 2. The largest absolute Gasteiger partial charge is 0.392 e. The zero-order valence-electron chi connectivity index (χ0n) is 9.72. The van der Waals surface area contributed by atoms with Gasteiger partial charge in [0.1, 0.15) is 11.6 Å². The molecule has 1 aromatic rings. The van der Waals surface area contributed by atoms with Crippen LogP contribution < -0.4 is 5.32 Å². The SMILES string of the molecule is Cc1cc(F)c(C(C)NCC(C)O)cc1F. The van der Waals surface area contributed by atoms with E-state index in [4.69, 9.17) is 5.11 Å². The Hall–Kier alpha value is -1.00. The number of rotatable bonds is 4. The summed E-state index contributed by atoms with van der Waals surface area (Å²) in [6, 6.07) is 2.06. The highest BCUT2D eigenvalue weighted by atomic mass is 19.1. The standard InChI is InChI=1S/C12H17F2NO/c1-7-4-12(14)10(5-11(7)13)9(3)15-6-8(2)16/h4-5,8-9,15-16H,6H2,1-3H3. The highest BCUT2D eigenvalue weighted by Gasteiger charge is 2.13. The third-order valence-electron chi connectivity index (χ3n) is 2.46. The van der Waals surface area contributed by atoms with Crippen molar-refractivity contribution in [3.8, 4) is 0 Å². The van der Waals surface area contributed by atoms with Crippen molar-refractivity contribution in [2.75, 3.05) is 6.54 Å². The van der Waals surface area contributed by atoms with Crippen LogP contribution in [0.4, 0.5) is 8.78 Å². The van der Waals surface area contributed by atoms with Gasteiger partial charge in [0, 0.05) is 18.2 Å². The minimum atomic E-state index is -0.513. The molecule has 1 aromatic carbocycles. The predicted octanol–water partition coefficient (Wildman–Crippen LogP) is 2.30. The molecule has 2 N–H and O–H groups in total. The molecule has 0 fully saturated rings. The fraction of sp³-hybridized carbons (Fsp3) is 0.500. The first-order chi connectivity index (χ1) is 7.41. The summed E-state index contributed by atoms with van der Waals surface area (Å²) >= 11 is 0. The highest BCUT2D eigenvalue weighted by Crippen LogP contribution is 2.20. The van der Waals surface area contributed by atoms with Crippen LogP contribution in [0.2, 0.25) is 0 Å². The summed E-state index contributed by atoms with van der Waals surface area (Å²) in [5.41, 5.74) is 0.577. The van der Waals surface area contributed by atoms with Gasteiger partial charge in [-0.25, -0.2) is 8.78 Å². The Balaban J connectivity index is 2.82. The van der Waals surface area contributed by atoms with Crippen molar-refractivity contribution in [2.45, 2.75) is 32.9 Å². The van der Waals surface area contributed by atoms with E-state index in [1.54, 1.807) is 13.8 Å². The van der Waals surface area contributed by atoms with Gasteiger partial charge in [0.25, 0.3) is 0 Å². The fourth-order valence-electron chi connectivity index (χ4n) is 1.45. The van der Waals surface area contributed by atoms with Crippen molar-refractivity contribution in [1.82, 2.24) is 5.32 Å². The average Bonchev–Trinajstić information content (AvgIpc) is 2.20. The molecule has 0 spiro atoms. The maximum Gasteiger partial charge on any atom is 0.128 e. The minimum absolute atomic E-state index is 0.281. The lowest BCUT2D eigenvalue weighted by molar-refractivity contribution is 0.187. The number of aliphatic hydroxyl groups is 1. The Morgan fingerprint density at radius 3 is 2.44 bits per heavy atom. The molecule has 2 unspecified atom stereocenters. The summed E-state index contributed by atoms with van der Waals surface area (Å²) in [4.78, 5) is 0. The summed E-state index contributed by atoms with van der Waals surface area (Å²) in [7, 11) is 0. The topological polar surface area (TPSA) is 32.3 Å². The van der Waals surface area contributed by atoms with E-state index in [1.807, 2.05) is 0 Å². The normalized spacial score (nSPS) is 14.9. The molecule has 0 aliphatic rings. The van der Waals surface area contributed by atoms with E-state index in [0.717, 1.165) is 0 Å². The lowest BCUT2D eigenvalue weighted by Gasteiger charge is -2.16. The van der Waals surface area contributed by atoms with E-state index in [2.05, 4.69) is 5.32 Å². The molecule has 90 valence electrons. The second-order valence-corrected chi connectivity index (χ2v) is 4.10. The van der Waals surface area contributed by atoms with E-state index in [1.165, 1.54) is 19.1 Å². The molecule has 0 aromatic heterocycles. The van der Waals surface area contributed by atoms with Crippen molar-refractivity contribution >= 4 is 0 Å². The van der Waals surface area contributed by atoms with Crippen LogP contribution in [0, 0.1) is 18.6 Å². The van der Waals surface area contributed by atoms with Gasteiger partial charge in [-0.2, -0.15) is 0 Å². The van der Waals surface area contributed by atoms with Gasteiger partial charge < -0.3 is 10.4 Å². The average molecular weight is 229 g/mol. The van der Waals surface area contributed by atoms with Gasteiger partial charge in [-0.05, 0) is 38.5 Å². The molecule has 0 amide bonds. The van der Waals surface area contributed by atoms with Crippen molar-refractivity contribution in [3.05, 3.63) is 34.9 Å². The quantitative estimate of drug-likeness (QED) is 0.830. The van der Waals surface area contributed by atoms with Crippen LogP contribution >= 0.6 is 0 Å². The van der Waals surface area contributed by atoms with E-state index in [0.29, 0.717) is 12.1 Å². The molecule has 0 aliphatic heterocycles. The monoisotopic (exact) mass is 229 g/mol. The first-order valence-corrected chi connectivity index (χ1v) is 5.28. The van der Waals surface area contributed by atoms with Gasteiger partial charge in [0.05, 0.1) is 6.10 Å². The minimum Gasteiger partial charge on any atom is -0.392 e. The number of hydrogen-bond acceptors (Lipinski definition) is 2. The van der Waals surface area contributed by atoms with Crippen LogP contribution in [-0.2, 0) is 0 Å². The van der Waals surface area contributed by atoms with Crippen LogP contribution in [0.1, 0.15) is 31.0 Å². The summed E-state index contributed by atoms with van der Waals surface area (Å²) < 4.78 is 26.8. The number of halogens is 2. The Kier molecular flexibility index (Phi) is 4.38. The Bertz CT molecular complexity index is 366. The van der Waals surface area contributed by atoms with E-state index in [9.17, 15) is 8.78 Å². The smallest absolute Gasteiger partial charge is 0.128 e. The van der Waals surface area contributed by atoms with Gasteiger partial charge in [-0.1, -0.05) is 0 Å². The molecule has 4 heteroatoms. The second-order valence-electron chi connectivity index (χ2n) is 4.10. The number of nitrogens with one attached hydrogen (secondary N) is 1. The fourth-order valence-corrected chi connectivity index (χ4v) is 1.45. The first-order valence-electron chi connectivity index (χ1n) is 5.28. The third kappa shape index (κ3) is 3.25. The summed E-state index contributed by atoms with van der Waals surface area (Å²) in [6.07, 6.45) is -0.513. The van der Waals surface area contributed by atoms with E-state index < -0.39 is 17.7 Å². The van der Waals surface area contributed by atoms with Gasteiger partial charge in [0.15, 0.2) is 0 Å². The molecule has 0 radical (unpaired) electrons. The lowest BCUT2D eigenvalue weighted by Crippen LogP contribution is -2.27. The predicted molar refractivity (Wildman–Crippen MR) is 59.2 cm³/mol. The first kappa shape index (κ1) is 13.1. The van der Waals surface area contributed by atoms with Crippen molar-refractivity contribution in [2.24, 2.45) is 0 Å². The number of aryl methyl sites for hydroxylation is 1. The molecule has 2 nitrogen and oxygen atoms in total. The molecular weight excluding hydrogens is 212 g/mol. The van der Waals surface area contributed by atoms with Gasteiger partial charge in [0.2, 0.25) is 0 Å². The number of aliphatic hydroxyl groups excluding tert-OH is 1. The zero-order valence-corrected chi connectivity index (χ0v) is 9.72. The molecule has 0 bridgehead atoms. The lowest BCUT2D eigenvalue weighted by atomic mass is 10.0. The van der Waals surface area contributed by atoms with Crippen LogP contribution in [0.5, 0.6) is 0 Å².